The van der Waals surface area contributed by atoms with E-state index >= 15 is 0 Å². The van der Waals surface area contributed by atoms with E-state index in [0.29, 0.717) is 6.54 Å². The van der Waals surface area contributed by atoms with Crippen LogP contribution < -0.4 is 10.1 Å². The van der Waals surface area contributed by atoms with E-state index in [4.69, 9.17) is 4.74 Å². The van der Waals surface area contributed by atoms with Crippen LogP contribution in [0.4, 0.5) is 10.5 Å². The summed E-state index contributed by atoms with van der Waals surface area (Å²) in [7, 11) is 1.60. The van der Waals surface area contributed by atoms with Crippen LogP contribution in [0.3, 0.4) is 0 Å². The van der Waals surface area contributed by atoms with Crippen LogP contribution in [0.1, 0.15) is 13.8 Å². The van der Waals surface area contributed by atoms with Crippen molar-refractivity contribution >= 4 is 28.6 Å². The first-order valence-electron chi connectivity index (χ1n) is 6.44. The Kier molecular flexibility index (Phi) is 4.54. The molecule has 1 aromatic carbocycles. The van der Waals surface area contributed by atoms with Crippen LogP contribution in [0.2, 0.25) is 0 Å². The minimum atomic E-state index is -0.547. The van der Waals surface area contributed by atoms with E-state index in [1.165, 1.54) is 4.90 Å². The number of ether oxygens (including phenoxy) is 1. The van der Waals surface area contributed by atoms with Gasteiger partial charge >= 0.3 is 0 Å². The minimum Gasteiger partial charge on any atom is -0.497 e. The molecule has 0 aromatic heterocycles. The average molecular weight is 294 g/mol. The molecule has 6 heteroatoms. The van der Waals surface area contributed by atoms with Crippen molar-refractivity contribution in [1.82, 2.24) is 4.90 Å². The van der Waals surface area contributed by atoms with Crippen molar-refractivity contribution in [2.45, 2.75) is 19.2 Å². The minimum absolute atomic E-state index is 0.176. The number of thioether (sulfide) groups is 1. The topological polar surface area (TPSA) is 58.6 Å². The molecule has 1 heterocycles. The number of nitrogens with zero attached hydrogens (tertiary/aromatic N) is 1. The number of methoxy groups -OCH3 is 1. The Balaban J connectivity index is 2.03. The molecule has 1 N–H and O–H groups in total. The number of amides is 2. The van der Waals surface area contributed by atoms with Gasteiger partial charge in [0.15, 0.2) is 5.37 Å². The van der Waals surface area contributed by atoms with E-state index < -0.39 is 5.37 Å². The highest BCUT2D eigenvalue weighted by Gasteiger charge is 2.39. The van der Waals surface area contributed by atoms with Crippen LogP contribution in [0.15, 0.2) is 24.3 Å². The Labute approximate surface area is 122 Å². The second-order valence-corrected chi connectivity index (χ2v) is 6.04. The molecule has 0 saturated carbocycles. The molecule has 1 atom stereocenters. The monoisotopic (exact) mass is 294 g/mol. The van der Waals surface area contributed by atoms with Crippen LogP contribution in [-0.2, 0) is 4.79 Å². The second-order valence-electron chi connectivity index (χ2n) is 4.98. The molecule has 2 rings (SSSR count). The number of hydrogen-bond acceptors (Lipinski definition) is 5. The van der Waals surface area contributed by atoms with Crippen molar-refractivity contribution in [2.24, 2.45) is 5.92 Å². The smallest absolute Gasteiger partial charge is 0.290 e. The summed E-state index contributed by atoms with van der Waals surface area (Å²) in [6.45, 7) is 4.43. The van der Waals surface area contributed by atoms with Gasteiger partial charge in [-0.1, -0.05) is 13.8 Å². The molecule has 5 nitrogen and oxygen atoms in total. The normalized spacial score (nSPS) is 18.8. The molecule has 1 aliphatic rings. The van der Waals surface area contributed by atoms with Crippen molar-refractivity contribution in [3.05, 3.63) is 24.3 Å². The lowest BCUT2D eigenvalue weighted by Crippen LogP contribution is -2.36. The second kappa shape index (κ2) is 6.17. The van der Waals surface area contributed by atoms with Crippen LogP contribution in [0.5, 0.6) is 5.75 Å². The maximum atomic E-state index is 12.2. The first-order chi connectivity index (χ1) is 9.51. The number of hydrogen-bond donors (Lipinski definition) is 1. The predicted molar refractivity (Wildman–Crippen MR) is 79.9 cm³/mol. The summed E-state index contributed by atoms with van der Waals surface area (Å²) in [6.07, 6.45) is 0. The molecule has 1 fully saturated rings. The maximum Gasteiger partial charge on any atom is 0.290 e. The predicted octanol–water partition coefficient (Wildman–Crippen LogP) is 2.78. The summed E-state index contributed by atoms with van der Waals surface area (Å²) in [6, 6.07) is 7.25. The van der Waals surface area contributed by atoms with Gasteiger partial charge in [-0.25, -0.2) is 0 Å². The summed E-state index contributed by atoms with van der Waals surface area (Å²) in [4.78, 5) is 25.3. The Morgan fingerprint density at radius 2 is 1.95 bits per heavy atom. The molecule has 0 radical (unpaired) electrons. The Bertz CT molecular complexity index is 502. The average Bonchev–Trinajstić information content (AvgIpc) is 2.67. The van der Waals surface area contributed by atoms with Gasteiger partial charge in [-0.05, 0) is 41.9 Å². The van der Waals surface area contributed by atoms with E-state index in [1.54, 1.807) is 19.2 Å². The molecule has 2 amide bonds. The van der Waals surface area contributed by atoms with Gasteiger partial charge < -0.3 is 10.1 Å². The largest absolute Gasteiger partial charge is 0.497 e. The molecular weight excluding hydrogens is 276 g/mol. The van der Waals surface area contributed by atoms with Crippen molar-refractivity contribution in [1.29, 1.82) is 0 Å². The molecule has 0 aliphatic carbocycles. The SMILES string of the molecule is COc1ccc(N[C@H]2SC(=O)N(CC(C)C)C2=O)cc1. The lowest BCUT2D eigenvalue weighted by Gasteiger charge is -2.16. The van der Waals surface area contributed by atoms with Crippen molar-refractivity contribution in [2.75, 3.05) is 19.0 Å². The van der Waals surface area contributed by atoms with Gasteiger partial charge in [-0.3, -0.25) is 14.5 Å². The molecule has 0 spiro atoms. The van der Waals surface area contributed by atoms with Crippen molar-refractivity contribution < 1.29 is 14.3 Å². The summed E-state index contributed by atoms with van der Waals surface area (Å²) < 4.78 is 5.08. The zero-order valence-electron chi connectivity index (χ0n) is 11.8. The Hall–Kier alpha value is -1.69. The van der Waals surface area contributed by atoms with Gasteiger partial charge in [0.2, 0.25) is 0 Å². The van der Waals surface area contributed by atoms with Crippen LogP contribution in [-0.4, -0.2) is 35.1 Å². The molecule has 1 aliphatic heterocycles. The first kappa shape index (κ1) is 14.7. The maximum absolute atomic E-state index is 12.2. The van der Waals surface area contributed by atoms with Crippen LogP contribution in [0, 0.1) is 5.92 Å². The van der Waals surface area contributed by atoms with E-state index in [0.717, 1.165) is 23.2 Å². The molecule has 0 bridgehead atoms. The van der Waals surface area contributed by atoms with Gasteiger partial charge in [0.1, 0.15) is 5.75 Å². The standard InChI is InChI=1S/C14H18N2O3S/c1-9(2)8-16-13(17)12(20-14(16)18)15-10-4-6-11(19-3)7-5-10/h4-7,9,12,15H,8H2,1-3H3/t12-/m0/s1. The van der Waals surface area contributed by atoms with Crippen LogP contribution in [0.25, 0.3) is 0 Å². The Morgan fingerprint density at radius 3 is 2.50 bits per heavy atom. The third-order valence-electron chi connectivity index (χ3n) is 2.86. The van der Waals surface area contributed by atoms with Crippen molar-refractivity contribution in [3.8, 4) is 5.75 Å². The summed E-state index contributed by atoms with van der Waals surface area (Å²) >= 11 is 1.02. The molecule has 108 valence electrons. The quantitative estimate of drug-likeness (QED) is 0.905. The number of carbonyl (C=O) groups excluding carboxylic acids is 2. The fourth-order valence-electron chi connectivity index (χ4n) is 1.91. The van der Waals surface area contributed by atoms with Crippen LogP contribution >= 0.6 is 11.8 Å². The summed E-state index contributed by atoms with van der Waals surface area (Å²) in [5.41, 5.74) is 0.788. The third-order valence-corrected chi connectivity index (χ3v) is 3.84. The number of nitrogens with one attached hydrogen (secondary N) is 1. The molecule has 0 unspecified atom stereocenters. The van der Waals surface area contributed by atoms with Gasteiger partial charge in [0, 0.05) is 12.2 Å². The zero-order chi connectivity index (χ0) is 14.7. The zero-order valence-corrected chi connectivity index (χ0v) is 12.6. The molecule has 20 heavy (non-hydrogen) atoms. The number of anilines is 1. The van der Waals surface area contributed by atoms with E-state index in [9.17, 15) is 9.59 Å². The van der Waals surface area contributed by atoms with Crippen molar-refractivity contribution in [3.63, 3.8) is 0 Å². The lowest BCUT2D eigenvalue weighted by molar-refractivity contribution is -0.126. The lowest BCUT2D eigenvalue weighted by atomic mass is 10.2. The number of rotatable bonds is 5. The highest BCUT2D eigenvalue weighted by Crippen LogP contribution is 2.29. The van der Waals surface area contributed by atoms with E-state index in [-0.39, 0.29) is 17.1 Å². The number of imide groups is 1. The first-order valence-corrected chi connectivity index (χ1v) is 7.32. The van der Waals surface area contributed by atoms with Gasteiger partial charge in [-0.15, -0.1) is 0 Å². The third kappa shape index (κ3) is 3.25. The highest BCUT2D eigenvalue weighted by molar-refractivity contribution is 8.15. The van der Waals surface area contributed by atoms with Gasteiger partial charge in [0.05, 0.1) is 7.11 Å². The molecule has 1 aromatic rings. The van der Waals surface area contributed by atoms with Gasteiger partial charge in [-0.2, -0.15) is 0 Å². The fraction of sp³-hybridized carbons (Fsp3) is 0.429. The Morgan fingerprint density at radius 1 is 1.30 bits per heavy atom. The van der Waals surface area contributed by atoms with E-state index in [2.05, 4.69) is 5.32 Å². The summed E-state index contributed by atoms with van der Waals surface area (Å²) in [5.74, 6) is 0.839. The molecular formula is C14H18N2O3S. The number of benzene rings is 1. The highest BCUT2D eigenvalue weighted by atomic mass is 32.2. The van der Waals surface area contributed by atoms with E-state index in [1.807, 2.05) is 26.0 Å². The molecule has 1 saturated heterocycles. The summed E-state index contributed by atoms with van der Waals surface area (Å²) in [5, 5.41) is 2.34. The number of carbonyl (C=O) groups is 2. The van der Waals surface area contributed by atoms with Gasteiger partial charge in [0.25, 0.3) is 11.1 Å². The fourth-order valence-corrected chi connectivity index (χ4v) is 2.82.